The van der Waals surface area contributed by atoms with Gasteiger partial charge in [-0.3, -0.25) is 0 Å². The first-order chi connectivity index (χ1) is 4.56. The van der Waals surface area contributed by atoms with Crippen LogP contribution in [0.1, 0.15) is 0 Å². The summed E-state index contributed by atoms with van der Waals surface area (Å²) in [5.41, 5.74) is 1.37. The van der Waals surface area contributed by atoms with E-state index in [4.69, 9.17) is 66.5 Å². The molecule has 0 nitrogen and oxygen atoms in total. The number of hydrogen-bond donors (Lipinski definition) is 0. The second kappa shape index (κ2) is 6.38. The predicted octanol–water partition coefficient (Wildman–Crippen LogP) is 4.64. The summed E-state index contributed by atoms with van der Waals surface area (Å²) in [4.78, 5) is 0. The molecule has 0 heterocycles. The summed E-state index contributed by atoms with van der Waals surface area (Å²) in [5.74, 6) is 0. The summed E-state index contributed by atoms with van der Waals surface area (Å²) in [7, 11) is 0. The molecule has 0 aliphatic rings. The van der Waals surface area contributed by atoms with Gasteiger partial charge in [-0.25, -0.2) is 0 Å². The molecule has 0 aliphatic carbocycles. The van der Waals surface area contributed by atoms with Crippen LogP contribution in [-0.4, -0.2) is 12.0 Å². The van der Waals surface area contributed by atoms with Crippen molar-refractivity contribution in [3.8, 4) is 0 Å². The van der Waals surface area contributed by atoms with Gasteiger partial charge in [0.2, 0.25) is 0 Å². The van der Waals surface area contributed by atoms with Crippen molar-refractivity contribution in [2.45, 2.75) is 6.55 Å². The molecule has 0 N–H and O–H groups in total. The lowest BCUT2D eigenvalue weighted by molar-refractivity contribution is 2.31. The Balaban J connectivity index is 0. The predicted molar refractivity (Wildman–Crippen MR) is 62.7 cm³/mol. The summed E-state index contributed by atoms with van der Waals surface area (Å²) >= 11 is 31.4. The van der Waals surface area contributed by atoms with Crippen LogP contribution in [0.25, 0.3) is 0 Å². The molecule has 0 saturated carbocycles. The average molecular weight is 311 g/mol. The van der Waals surface area contributed by atoms with E-state index in [0.717, 1.165) is 0 Å². The molecule has 0 rings (SSSR count). The second-order valence-corrected chi connectivity index (χ2v) is 20.2. The molecule has 8 heteroatoms. The maximum Gasteiger partial charge on any atom is 0.365 e. The van der Waals surface area contributed by atoms with E-state index in [9.17, 15) is 0 Å². The standard InChI is InChI=1S/C2H3Cl3Si.CH3Cl3Si/c1-2-6(3,4)5;1-5(2,3)4/h2H,1H2;1H3. The third-order valence-electron chi connectivity index (χ3n) is 0.231. The summed E-state index contributed by atoms with van der Waals surface area (Å²) in [6.07, 6.45) is 0. The van der Waals surface area contributed by atoms with Crippen molar-refractivity contribution in [2.75, 3.05) is 0 Å². The molecule has 0 aliphatic heterocycles. The van der Waals surface area contributed by atoms with E-state index in [1.54, 1.807) is 6.55 Å². The Morgan fingerprint density at radius 1 is 1.00 bits per heavy atom. The van der Waals surface area contributed by atoms with Crippen LogP contribution in [0.5, 0.6) is 0 Å². The highest BCUT2D eigenvalue weighted by molar-refractivity contribution is 7.66. The zero-order valence-electron chi connectivity index (χ0n) is 5.55. The van der Waals surface area contributed by atoms with Crippen LogP contribution < -0.4 is 0 Å². The summed E-state index contributed by atoms with van der Waals surface area (Å²) in [6, 6.07) is -4.65. The van der Waals surface area contributed by atoms with Gasteiger partial charge in [0, 0.05) is 0 Å². The molecule has 11 heavy (non-hydrogen) atoms. The van der Waals surface area contributed by atoms with Crippen molar-refractivity contribution >= 4 is 78.5 Å². The summed E-state index contributed by atoms with van der Waals surface area (Å²) in [6.45, 7) is 4.92. The van der Waals surface area contributed by atoms with Crippen LogP contribution in [0.2, 0.25) is 6.55 Å². The largest absolute Gasteiger partial charge is 0.365 e. The van der Waals surface area contributed by atoms with Crippen molar-refractivity contribution < 1.29 is 0 Å². The van der Waals surface area contributed by atoms with Gasteiger partial charge in [0.05, 0.1) is 0 Å². The summed E-state index contributed by atoms with van der Waals surface area (Å²) < 4.78 is 0. The fraction of sp³-hybridized carbons (Fsp3) is 0.333. The smallest absolute Gasteiger partial charge is 0.126 e. The highest BCUT2D eigenvalue weighted by Crippen LogP contribution is 2.19. The summed E-state index contributed by atoms with van der Waals surface area (Å²) in [5, 5.41) is 0. The normalized spacial score (nSPS) is 11.5. The lowest BCUT2D eigenvalue weighted by Crippen LogP contribution is -2.01. The van der Waals surface area contributed by atoms with E-state index in [1.165, 1.54) is 5.70 Å². The molecule has 0 bridgehead atoms. The van der Waals surface area contributed by atoms with Gasteiger partial charge in [0.15, 0.2) is 0 Å². The van der Waals surface area contributed by atoms with Crippen molar-refractivity contribution in [2.24, 2.45) is 0 Å². The van der Waals surface area contributed by atoms with Crippen LogP contribution in [-0.2, 0) is 0 Å². The Bertz CT molecular complexity index is 106. The van der Waals surface area contributed by atoms with Crippen LogP contribution in [0.15, 0.2) is 12.3 Å². The number of rotatable bonds is 1. The van der Waals surface area contributed by atoms with Gasteiger partial charge in [-0.1, -0.05) is 5.70 Å². The third kappa shape index (κ3) is 48.5. The van der Waals surface area contributed by atoms with Gasteiger partial charge in [0.25, 0.3) is 0 Å². The van der Waals surface area contributed by atoms with E-state index >= 15 is 0 Å². The minimum atomic E-state index is -2.45. The quantitative estimate of drug-likeness (QED) is 0.489. The first-order valence-corrected chi connectivity index (χ1v) is 13.0. The Morgan fingerprint density at radius 3 is 1.09 bits per heavy atom. The lowest BCUT2D eigenvalue weighted by Gasteiger charge is -1.92. The lowest BCUT2D eigenvalue weighted by atomic mass is 11.3. The maximum atomic E-state index is 5.27. The molecule has 0 aromatic carbocycles. The molecule has 0 atom stereocenters. The van der Waals surface area contributed by atoms with Gasteiger partial charge in [-0.15, -0.1) is 73.1 Å². The molecular weight excluding hydrogens is 305 g/mol. The molecule has 0 saturated heterocycles. The zero-order valence-corrected chi connectivity index (χ0v) is 12.1. The zero-order chi connectivity index (χ0) is 9.71. The van der Waals surface area contributed by atoms with Gasteiger partial charge < -0.3 is 0 Å². The number of halogens is 6. The van der Waals surface area contributed by atoms with Gasteiger partial charge in [0.1, 0.15) is 0 Å². The first-order valence-electron chi connectivity index (χ1n) is 2.33. The van der Waals surface area contributed by atoms with Crippen molar-refractivity contribution in [3.63, 3.8) is 0 Å². The van der Waals surface area contributed by atoms with Crippen LogP contribution in [0.4, 0.5) is 0 Å². The molecule has 0 spiro atoms. The van der Waals surface area contributed by atoms with E-state index < -0.39 is 12.0 Å². The monoisotopic (exact) mass is 308 g/mol. The fourth-order valence-corrected chi connectivity index (χ4v) is 0. The Morgan fingerprint density at radius 2 is 1.09 bits per heavy atom. The molecular formula is C3H6Cl6Si2. The first kappa shape index (κ1) is 15.4. The topological polar surface area (TPSA) is 0 Å². The van der Waals surface area contributed by atoms with Gasteiger partial charge >= 0.3 is 12.0 Å². The number of hydrogen-bond acceptors (Lipinski definition) is 0. The minimum absolute atomic E-state index is 1.37. The third-order valence-corrected chi connectivity index (χ3v) is 2.08. The molecule has 0 amide bonds. The van der Waals surface area contributed by atoms with Crippen LogP contribution in [0, 0.1) is 0 Å². The van der Waals surface area contributed by atoms with E-state index in [-0.39, 0.29) is 0 Å². The van der Waals surface area contributed by atoms with Crippen LogP contribution in [0.3, 0.4) is 0 Å². The van der Waals surface area contributed by atoms with E-state index in [0.29, 0.717) is 0 Å². The van der Waals surface area contributed by atoms with Crippen LogP contribution >= 0.6 is 66.5 Å². The average Bonchev–Trinajstić information content (AvgIpc) is 1.59. The molecule has 0 fully saturated rings. The van der Waals surface area contributed by atoms with Gasteiger partial charge in [-0.2, -0.15) is 0 Å². The van der Waals surface area contributed by atoms with E-state index in [2.05, 4.69) is 6.58 Å². The second-order valence-electron chi connectivity index (χ2n) is 1.53. The fourth-order valence-electron chi connectivity index (χ4n) is 0. The SMILES string of the molecule is C=C[Si](Cl)(Cl)Cl.C[Si](Cl)(Cl)Cl. The Hall–Kier alpha value is 1.91. The highest BCUT2D eigenvalue weighted by Gasteiger charge is 2.17. The highest BCUT2D eigenvalue weighted by atomic mass is 35.8. The van der Waals surface area contributed by atoms with Crippen molar-refractivity contribution in [1.29, 1.82) is 0 Å². The molecule has 0 aromatic rings. The van der Waals surface area contributed by atoms with E-state index in [1.807, 2.05) is 0 Å². The Labute approximate surface area is 96.6 Å². The maximum absolute atomic E-state index is 5.27. The molecule has 0 radical (unpaired) electrons. The minimum Gasteiger partial charge on any atom is -0.126 e. The van der Waals surface area contributed by atoms with Crippen molar-refractivity contribution in [1.82, 2.24) is 0 Å². The molecule has 0 unspecified atom stereocenters. The molecule has 0 aromatic heterocycles. The molecule has 68 valence electrons. The van der Waals surface area contributed by atoms with Gasteiger partial charge in [-0.05, 0) is 6.55 Å². The Kier molecular flexibility index (Phi) is 8.93. The van der Waals surface area contributed by atoms with Crippen molar-refractivity contribution in [3.05, 3.63) is 12.3 Å².